The van der Waals surface area contributed by atoms with Crippen molar-refractivity contribution in [3.8, 4) is 11.3 Å². The SMILES string of the molecule is CCn1c(-c2c(F)cccc2F)c(C(C)=O)cc(Cl)c1=O. The molecule has 0 bridgehead atoms. The smallest absolute Gasteiger partial charge is 0.269 e. The highest BCUT2D eigenvalue weighted by Gasteiger charge is 2.22. The summed E-state index contributed by atoms with van der Waals surface area (Å²) in [5, 5.41) is -0.164. The van der Waals surface area contributed by atoms with Gasteiger partial charge in [0.1, 0.15) is 16.7 Å². The summed E-state index contributed by atoms with van der Waals surface area (Å²) in [5.41, 5.74) is -1.08. The third kappa shape index (κ3) is 2.61. The summed E-state index contributed by atoms with van der Waals surface area (Å²) in [5.74, 6) is -2.13. The molecule has 110 valence electrons. The molecule has 0 atom stereocenters. The fraction of sp³-hybridized carbons (Fsp3) is 0.200. The van der Waals surface area contributed by atoms with Crippen LogP contribution >= 0.6 is 11.6 Å². The van der Waals surface area contributed by atoms with E-state index in [-0.39, 0.29) is 22.8 Å². The van der Waals surface area contributed by atoms with Crippen LogP contribution in [0.4, 0.5) is 8.78 Å². The van der Waals surface area contributed by atoms with Gasteiger partial charge in [0.2, 0.25) is 0 Å². The number of hydrogen-bond donors (Lipinski definition) is 0. The average Bonchev–Trinajstić information content (AvgIpc) is 2.42. The van der Waals surface area contributed by atoms with Gasteiger partial charge in [0.25, 0.3) is 5.56 Å². The third-order valence-electron chi connectivity index (χ3n) is 3.14. The molecule has 21 heavy (non-hydrogen) atoms. The lowest BCUT2D eigenvalue weighted by molar-refractivity contribution is 0.101. The number of carbonyl (C=O) groups is 1. The second-order valence-electron chi connectivity index (χ2n) is 4.46. The Morgan fingerprint density at radius 2 is 1.86 bits per heavy atom. The number of pyridine rings is 1. The molecule has 0 saturated heterocycles. The quantitative estimate of drug-likeness (QED) is 0.811. The summed E-state index contributed by atoms with van der Waals surface area (Å²) in [4.78, 5) is 23.8. The zero-order valence-electron chi connectivity index (χ0n) is 11.4. The van der Waals surface area contributed by atoms with E-state index in [4.69, 9.17) is 11.6 Å². The lowest BCUT2D eigenvalue weighted by atomic mass is 10.0. The van der Waals surface area contributed by atoms with Gasteiger partial charge >= 0.3 is 0 Å². The van der Waals surface area contributed by atoms with Crippen molar-refractivity contribution in [3.05, 3.63) is 56.8 Å². The molecule has 0 aliphatic heterocycles. The highest BCUT2D eigenvalue weighted by atomic mass is 35.5. The number of ketones is 1. The Bertz CT molecular complexity index is 764. The number of halogens is 3. The maximum Gasteiger partial charge on any atom is 0.269 e. The number of Topliss-reactive ketones (excluding diaryl/α,β-unsaturated/α-hetero) is 1. The van der Waals surface area contributed by atoms with Crippen molar-refractivity contribution in [1.82, 2.24) is 4.57 Å². The molecule has 1 aromatic heterocycles. The molecular weight excluding hydrogens is 300 g/mol. The molecule has 1 aromatic carbocycles. The molecular formula is C15H12ClF2NO2. The first kappa shape index (κ1) is 15.4. The van der Waals surface area contributed by atoms with Crippen LogP contribution in [0, 0.1) is 11.6 Å². The molecule has 0 unspecified atom stereocenters. The normalized spacial score (nSPS) is 10.7. The molecule has 0 N–H and O–H groups in total. The zero-order valence-corrected chi connectivity index (χ0v) is 12.2. The third-order valence-corrected chi connectivity index (χ3v) is 3.41. The van der Waals surface area contributed by atoms with E-state index in [1.165, 1.54) is 13.0 Å². The number of benzene rings is 1. The van der Waals surface area contributed by atoms with Gasteiger partial charge in [-0.3, -0.25) is 9.59 Å². The van der Waals surface area contributed by atoms with Crippen molar-refractivity contribution in [3.63, 3.8) is 0 Å². The Kier molecular flexibility index (Phi) is 4.23. The minimum Gasteiger partial charge on any atom is -0.306 e. The van der Waals surface area contributed by atoms with Crippen LogP contribution in [-0.2, 0) is 6.54 Å². The van der Waals surface area contributed by atoms with Crippen molar-refractivity contribution in [1.29, 1.82) is 0 Å². The summed E-state index contributed by atoms with van der Waals surface area (Å²) >= 11 is 5.81. The van der Waals surface area contributed by atoms with E-state index in [2.05, 4.69) is 0 Å². The van der Waals surface area contributed by atoms with Gasteiger partial charge in [-0.05, 0) is 32.0 Å². The van der Waals surface area contributed by atoms with E-state index in [1.54, 1.807) is 6.92 Å². The average molecular weight is 312 g/mol. The number of nitrogens with zero attached hydrogens (tertiary/aromatic N) is 1. The first-order valence-corrected chi connectivity index (χ1v) is 6.65. The van der Waals surface area contributed by atoms with Gasteiger partial charge in [-0.1, -0.05) is 17.7 Å². The van der Waals surface area contributed by atoms with E-state index < -0.39 is 28.5 Å². The van der Waals surface area contributed by atoms with Crippen LogP contribution in [0.3, 0.4) is 0 Å². The molecule has 3 nitrogen and oxygen atoms in total. The topological polar surface area (TPSA) is 39.1 Å². The largest absolute Gasteiger partial charge is 0.306 e. The van der Waals surface area contributed by atoms with Gasteiger partial charge < -0.3 is 4.57 Å². The van der Waals surface area contributed by atoms with E-state index in [9.17, 15) is 18.4 Å². The van der Waals surface area contributed by atoms with Crippen molar-refractivity contribution in [2.24, 2.45) is 0 Å². The Morgan fingerprint density at radius 1 is 1.29 bits per heavy atom. The van der Waals surface area contributed by atoms with Gasteiger partial charge in [-0.15, -0.1) is 0 Å². The van der Waals surface area contributed by atoms with Gasteiger partial charge in [0, 0.05) is 12.1 Å². The molecule has 2 rings (SSSR count). The standard InChI is InChI=1S/C15H12ClF2NO2/c1-3-19-14(13-11(17)5-4-6-12(13)18)9(8(2)20)7-10(16)15(19)21/h4-7H,3H2,1-2H3. The minimum absolute atomic E-state index is 0.00505. The second kappa shape index (κ2) is 5.77. The Balaban J connectivity index is 3.00. The summed E-state index contributed by atoms with van der Waals surface area (Å²) in [6, 6.07) is 4.51. The zero-order chi connectivity index (χ0) is 15.7. The highest BCUT2D eigenvalue weighted by molar-refractivity contribution is 6.31. The monoisotopic (exact) mass is 311 g/mol. The first-order valence-electron chi connectivity index (χ1n) is 6.27. The maximum absolute atomic E-state index is 14.0. The molecule has 0 fully saturated rings. The molecule has 0 amide bonds. The summed E-state index contributed by atoms with van der Waals surface area (Å²) in [6.07, 6.45) is 0. The van der Waals surface area contributed by atoms with Crippen molar-refractivity contribution in [2.75, 3.05) is 0 Å². The lowest BCUT2D eigenvalue weighted by Gasteiger charge is -2.16. The maximum atomic E-state index is 14.0. The van der Waals surface area contributed by atoms with Gasteiger partial charge in [-0.25, -0.2) is 8.78 Å². The van der Waals surface area contributed by atoms with E-state index in [0.717, 1.165) is 22.8 Å². The van der Waals surface area contributed by atoms with Crippen LogP contribution in [0.5, 0.6) is 0 Å². The Labute approximate surface area is 124 Å². The van der Waals surface area contributed by atoms with Gasteiger partial charge in [0.05, 0.1) is 11.3 Å². The predicted octanol–water partition coefficient (Wildman–Crippen LogP) is 3.67. The molecule has 0 aliphatic carbocycles. The summed E-state index contributed by atoms with van der Waals surface area (Å²) < 4.78 is 29.2. The molecule has 2 aromatic rings. The van der Waals surface area contributed by atoms with E-state index in [1.807, 2.05) is 0 Å². The molecule has 6 heteroatoms. The van der Waals surface area contributed by atoms with Crippen LogP contribution < -0.4 is 5.56 Å². The lowest BCUT2D eigenvalue weighted by Crippen LogP contribution is -2.24. The number of hydrogen-bond acceptors (Lipinski definition) is 2. The van der Waals surface area contributed by atoms with Crippen molar-refractivity contribution in [2.45, 2.75) is 20.4 Å². The van der Waals surface area contributed by atoms with Gasteiger partial charge in [0.15, 0.2) is 5.78 Å². The molecule has 0 spiro atoms. The van der Waals surface area contributed by atoms with Crippen molar-refractivity contribution < 1.29 is 13.6 Å². The van der Waals surface area contributed by atoms with Crippen LogP contribution in [0.25, 0.3) is 11.3 Å². The molecule has 0 aliphatic rings. The Hall–Kier alpha value is -2.01. The van der Waals surface area contributed by atoms with Gasteiger partial charge in [-0.2, -0.15) is 0 Å². The predicted molar refractivity (Wildman–Crippen MR) is 76.7 cm³/mol. The van der Waals surface area contributed by atoms with Crippen molar-refractivity contribution >= 4 is 17.4 Å². The van der Waals surface area contributed by atoms with Crippen LogP contribution in [0.1, 0.15) is 24.2 Å². The summed E-state index contributed by atoms with van der Waals surface area (Å²) in [6.45, 7) is 3.01. The number of carbonyl (C=O) groups excluding carboxylic acids is 1. The van der Waals surface area contributed by atoms with Crippen LogP contribution in [0.15, 0.2) is 29.1 Å². The highest BCUT2D eigenvalue weighted by Crippen LogP contribution is 2.29. The fourth-order valence-corrected chi connectivity index (χ4v) is 2.41. The molecule has 0 saturated carbocycles. The number of aromatic nitrogens is 1. The van der Waals surface area contributed by atoms with Crippen LogP contribution in [-0.4, -0.2) is 10.4 Å². The fourth-order valence-electron chi connectivity index (χ4n) is 2.20. The first-order chi connectivity index (χ1) is 9.88. The Morgan fingerprint density at radius 3 is 2.33 bits per heavy atom. The second-order valence-corrected chi connectivity index (χ2v) is 4.86. The molecule has 0 radical (unpaired) electrons. The number of rotatable bonds is 3. The van der Waals surface area contributed by atoms with E-state index >= 15 is 0 Å². The van der Waals surface area contributed by atoms with Crippen LogP contribution in [0.2, 0.25) is 5.02 Å². The van der Waals surface area contributed by atoms with E-state index in [0.29, 0.717) is 0 Å². The minimum atomic E-state index is -0.846. The molecule has 1 heterocycles. The summed E-state index contributed by atoms with van der Waals surface area (Å²) in [7, 11) is 0.